The molecule has 0 aliphatic rings. The van der Waals surface area contributed by atoms with Crippen LogP contribution < -0.4 is 11.1 Å². The Labute approximate surface area is 115 Å². The molecule has 0 fully saturated rings. The topological polar surface area (TPSA) is 64.3 Å². The molecule has 0 aromatic heterocycles. The minimum Gasteiger partial charge on any atom is -0.398 e. The van der Waals surface area contributed by atoms with E-state index in [0.717, 1.165) is 12.5 Å². The fourth-order valence-corrected chi connectivity index (χ4v) is 1.68. The molecule has 0 spiro atoms. The van der Waals surface area contributed by atoms with Crippen molar-refractivity contribution in [3.05, 3.63) is 29.3 Å². The summed E-state index contributed by atoms with van der Waals surface area (Å²) in [5, 5.41) is 2.54. The van der Waals surface area contributed by atoms with Gasteiger partial charge < -0.3 is 15.8 Å². The van der Waals surface area contributed by atoms with E-state index in [1.165, 1.54) is 12.1 Å². The average Bonchev–Trinajstić information content (AvgIpc) is 2.37. The number of nitrogen functional groups attached to an aromatic ring is 1. The molecule has 20 heavy (non-hydrogen) atoms. The summed E-state index contributed by atoms with van der Waals surface area (Å²) in [6.45, 7) is 0.930. The molecular weight excluding hydrogens is 273 g/mol. The molecule has 4 nitrogen and oxygen atoms in total. The number of rotatable bonds is 6. The predicted octanol–water partition coefficient (Wildman–Crippen LogP) is 2.44. The summed E-state index contributed by atoms with van der Waals surface area (Å²) in [5.74, 6) is -0.606. The van der Waals surface area contributed by atoms with Crippen LogP contribution in [0.15, 0.2) is 18.2 Å². The number of halogens is 3. The first-order chi connectivity index (χ1) is 9.38. The highest BCUT2D eigenvalue weighted by molar-refractivity contribution is 5.99. The third-order valence-electron chi connectivity index (χ3n) is 2.72. The molecule has 1 aromatic rings. The van der Waals surface area contributed by atoms with E-state index in [9.17, 15) is 18.0 Å². The normalized spacial score (nSPS) is 11.4. The van der Waals surface area contributed by atoms with E-state index < -0.39 is 23.3 Å². The number of hydrogen-bond acceptors (Lipinski definition) is 3. The number of nitrogens with two attached hydrogens (primary N) is 1. The number of para-hydroxylation sites is 1. The van der Waals surface area contributed by atoms with Crippen LogP contribution >= 0.6 is 0 Å². The van der Waals surface area contributed by atoms with Gasteiger partial charge in [-0.1, -0.05) is 6.07 Å². The SMILES string of the molecule is COCCCCNC(=O)c1cccc(C(F)(F)F)c1N. The van der Waals surface area contributed by atoms with Crippen molar-refractivity contribution in [3.63, 3.8) is 0 Å². The minimum absolute atomic E-state index is 0.161. The van der Waals surface area contributed by atoms with Crippen molar-refractivity contribution in [1.29, 1.82) is 0 Å². The molecule has 0 heterocycles. The van der Waals surface area contributed by atoms with Crippen LogP contribution in [-0.4, -0.2) is 26.2 Å². The third-order valence-corrected chi connectivity index (χ3v) is 2.72. The summed E-state index contributed by atoms with van der Waals surface area (Å²) in [6.07, 6.45) is -3.13. The summed E-state index contributed by atoms with van der Waals surface area (Å²) in [6, 6.07) is 3.29. The van der Waals surface area contributed by atoms with Gasteiger partial charge in [-0.05, 0) is 25.0 Å². The van der Waals surface area contributed by atoms with Crippen LogP contribution in [0.1, 0.15) is 28.8 Å². The number of anilines is 1. The van der Waals surface area contributed by atoms with Crippen LogP contribution in [0.4, 0.5) is 18.9 Å². The first kappa shape index (κ1) is 16.3. The molecule has 0 aliphatic heterocycles. The molecular formula is C13H17F3N2O2. The van der Waals surface area contributed by atoms with Gasteiger partial charge in [-0.25, -0.2) is 0 Å². The van der Waals surface area contributed by atoms with Gasteiger partial charge in [0.1, 0.15) is 0 Å². The maximum atomic E-state index is 12.7. The zero-order chi connectivity index (χ0) is 15.2. The lowest BCUT2D eigenvalue weighted by Gasteiger charge is -2.13. The molecule has 3 N–H and O–H groups in total. The third kappa shape index (κ3) is 4.41. The zero-order valence-electron chi connectivity index (χ0n) is 11.1. The smallest absolute Gasteiger partial charge is 0.398 e. The Hall–Kier alpha value is -1.76. The number of methoxy groups -OCH3 is 1. The number of hydrogen-bond donors (Lipinski definition) is 2. The van der Waals surface area contributed by atoms with Crippen molar-refractivity contribution in [2.24, 2.45) is 0 Å². The molecule has 0 bridgehead atoms. The van der Waals surface area contributed by atoms with Crippen molar-refractivity contribution in [3.8, 4) is 0 Å². The van der Waals surface area contributed by atoms with Crippen molar-refractivity contribution < 1.29 is 22.7 Å². The molecule has 112 valence electrons. The number of unbranched alkanes of at least 4 members (excludes halogenated alkanes) is 1. The van der Waals surface area contributed by atoms with Crippen LogP contribution in [-0.2, 0) is 10.9 Å². The number of ether oxygens (including phenoxy) is 1. The lowest BCUT2D eigenvalue weighted by molar-refractivity contribution is -0.136. The highest BCUT2D eigenvalue weighted by atomic mass is 19.4. The van der Waals surface area contributed by atoms with Crippen molar-refractivity contribution in [1.82, 2.24) is 5.32 Å². The van der Waals surface area contributed by atoms with Crippen LogP contribution in [0.25, 0.3) is 0 Å². The molecule has 0 saturated heterocycles. The molecule has 0 aliphatic carbocycles. The van der Waals surface area contributed by atoms with Crippen LogP contribution in [0.3, 0.4) is 0 Å². The second kappa shape index (κ2) is 7.14. The Kier molecular flexibility index (Phi) is 5.82. The van der Waals surface area contributed by atoms with Crippen LogP contribution in [0.2, 0.25) is 0 Å². The van der Waals surface area contributed by atoms with E-state index in [2.05, 4.69) is 5.32 Å². The van der Waals surface area contributed by atoms with E-state index in [0.29, 0.717) is 19.6 Å². The molecule has 7 heteroatoms. The lowest BCUT2D eigenvalue weighted by atomic mass is 10.1. The van der Waals surface area contributed by atoms with E-state index in [1.54, 1.807) is 7.11 Å². The standard InChI is InChI=1S/C13H17F3N2O2/c1-20-8-3-2-7-18-12(19)9-5-4-6-10(11(9)17)13(14,15)16/h4-6H,2-3,7-8,17H2,1H3,(H,18,19). The van der Waals surface area contributed by atoms with Crippen molar-refractivity contribution >= 4 is 11.6 Å². The van der Waals surface area contributed by atoms with E-state index in [4.69, 9.17) is 10.5 Å². The van der Waals surface area contributed by atoms with Gasteiger partial charge in [-0.15, -0.1) is 0 Å². The van der Waals surface area contributed by atoms with Gasteiger partial charge in [0.15, 0.2) is 0 Å². The molecule has 0 saturated carbocycles. The van der Waals surface area contributed by atoms with Gasteiger partial charge in [-0.3, -0.25) is 4.79 Å². The minimum atomic E-state index is -4.57. The fraction of sp³-hybridized carbons (Fsp3) is 0.462. The Balaban J connectivity index is 2.69. The second-order valence-corrected chi connectivity index (χ2v) is 4.22. The van der Waals surface area contributed by atoms with Gasteiger partial charge in [0, 0.05) is 20.3 Å². The van der Waals surface area contributed by atoms with Crippen molar-refractivity contribution in [2.45, 2.75) is 19.0 Å². The number of nitrogens with one attached hydrogen (secondary N) is 1. The molecule has 0 radical (unpaired) electrons. The number of carbonyl (C=O) groups excluding carboxylic acids is 1. The highest BCUT2D eigenvalue weighted by Crippen LogP contribution is 2.34. The largest absolute Gasteiger partial charge is 0.418 e. The summed E-state index contributed by atoms with van der Waals surface area (Å²) < 4.78 is 42.8. The number of carbonyl (C=O) groups is 1. The van der Waals surface area contributed by atoms with Gasteiger partial charge >= 0.3 is 6.18 Å². The zero-order valence-corrected chi connectivity index (χ0v) is 11.1. The van der Waals surface area contributed by atoms with Crippen molar-refractivity contribution in [2.75, 3.05) is 26.0 Å². The van der Waals surface area contributed by atoms with Gasteiger partial charge in [-0.2, -0.15) is 13.2 Å². The Bertz CT molecular complexity index is 461. The van der Waals surface area contributed by atoms with E-state index in [-0.39, 0.29) is 5.56 Å². The Morgan fingerprint density at radius 3 is 2.65 bits per heavy atom. The van der Waals surface area contributed by atoms with Crippen LogP contribution in [0.5, 0.6) is 0 Å². The summed E-state index contributed by atoms with van der Waals surface area (Å²) in [7, 11) is 1.57. The average molecular weight is 290 g/mol. The monoisotopic (exact) mass is 290 g/mol. The first-order valence-corrected chi connectivity index (χ1v) is 6.10. The summed E-state index contributed by atoms with van der Waals surface area (Å²) in [4.78, 5) is 11.8. The second-order valence-electron chi connectivity index (χ2n) is 4.22. The molecule has 0 atom stereocenters. The van der Waals surface area contributed by atoms with E-state index >= 15 is 0 Å². The summed E-state index contributed by atoms with van der Waals surface area (Å²) in [5.41, 5.74) is 3.72. The quantitative estimate of drug-likeness (QED) is 0.625. The predicted molar refractivity (Wildman–Crippen MR) is 69.3 cm³/mol. The lowest BCUT2D eigenvalue weighted by Crippen LogP contribution is -2.26. The summed E-state index contributed by atoms with van der Waals surface area (Å²) >= 11 is 0. The fourth-order valence-electron chi connectivity index (χ4n) is 1.68. The first-order valence-electron chi connectivity index (χ1n) is 6.10. The molecule has 1 aromatic carbocycles. The van der Waals surface area contributed by atoms with E-state index in [1.807, 2.05) is 0 Å². The maximum absolute atomic E-state index is 12.7. The highest BCUT2D eigenvalue weighted by Gasteiger charge is 2.34. The Morgan fingerprint density at radius 1 is 1.35 bits per heavy atom. The molecule has 1 rings (SSSR count). The number of amides is 1. The van der Waals surface area contributed by atoms with Crippen LogP contribution in [0, 0.1) is 0 Å². The molecule has 1 amide bonds. The maximum Gasteiger partial charge on any atom is 0.418 e. The van der Waals surface area contributed by atoms with Gasteiger partial charge in [0.2, 0.25) is 0 Å². The number of benzene rings is 1. The van der Waals surface area contributed by atoms with Gasteiger partial charge in [0.25, 0.3) is 5.91 Å². The number of alkyl halides is 3. The van der Waals surface area contributed by atoms with Gasteiger partial charge in [0.05, 0.1) is 16.8 Å². The Morgan fingerprint density at radius 2 is 2.05 bits per heavy atom. The molecule has 0 unspecified atom stereocenters.